The van der Waals surface area contributed by atoms with Gasteiger partial charge in [-0.25, -0.2) is 13.1 Å². The molecule has 0 saturated carbocycles. The zero-order valence-electron chi connectivity index (χ0n) is 14.6. The lowest BCUT2D eigenvalue weighted by Crippen LogP contribution is -2.47. The van der Waals surface area contributed by atoms with Gasteiger partial charge in [-0.2, -0.15) is 4.31 Å². The number of benzene rings is 1. The number of aryl methyl sites for hydroxylation is 1. The van der Waals surface area contributed by atoms with E-state index in [1.807, 2.05) is 14.0 Å². The molecule has 1 aromatic carbocycles. The van der Waals surface area contributed by atoms with Crippen molar-refractivity contribution in [3.8, 4) is 17.1 Å². The molecule has 0 atom stereocenters. The predicted octanol–water partition coefficient (Wildman–Crippen LogP) is 0.305. The Kier molecular flexibility index (Phi) is 5.02. The van der Waals surface area contributed by atoms with E-state index in [2.05, 4.69) is 20.4 Å². The molecule has 136 valence electrons. The van der Waals surface area contributed by atoms with E-state index < -0.39 is 10.0 Å². The summed E-state index contributed by atoms with van der Waals surface area (Å²) in [6.45, 7) is 4.84. The highest BCUT2D eigenvalue weighted by Gasteiger charge is 2.30. The predicted molar refractivity (Wildman–Crippen MR) is 91.7 cm³/mol. The van der Waals surface area contributed by atoms with Crippen LogP contribution in [-0.2, 0) is 16.6 Å². The fourth-order valence-corrected chi connectivity index (χ4v) is 4.41. The van der Waals surface area contributed by atoms with Gasteiger partial charge >= 0.3 is 0 Å². The van der Waals surface area contributed by atoms with E-state index in [9.17, 15) is 8.42 Å². The molecule has 0 spiro atoms. The highest BCUT2D eigenvalue weighted by atomic mass is 32.2. The van der Waals surface area contributed by atoms with Crippen LogP contribution in [0.4, 0.5) is 0 Å². The highest BCUT2D eigenvalue weighted by molar-refractivity contribution is 7.89. The molecule has 1 aliphatic rings. The van der Waals surface area contributed by atoms with Crippen LogP contribution in [0.2, 0.25) is 0 Å². The van der Waals surface area contributed by atoms with Crippen LogP contribution in [0.15, 0.2) is 23.1 Å². The number of methoxy groups -OCH3 is 1. The zero-order chi connectivity index (χ0) is 18.0. The van der Waals surface area contributed by atoms with Crippen molar-refractivity contribution in [2.45, 2.75) is 18.4 Å². The van der Waals surface area contributed by atoms with Crippen molar-refractivity contribution < 1.29 is 13.2 Å². The quantitative estimate of drug-likeness (QED) is 0.751. The molecule has 1 aromatic heterocycles. The van der Waals surface area contributed by atoms with Crippen molar-refractivity contribution >= 4 is 10.0 Å². The van der Waals surface area contributed by atoms with Gasteiger partial charge in [0, 0.05) is 38.3 Å². The van der Waals surface area contributed by atoms with Crippen LogP contribution in [0.5, 0.6) is 5.75 Å². The van der Waals surface area contributed by atoms with Crippen molar-refractivity contribution in [1.82, 2.24) is 29.4 Å². The first-order valence-electron chi connectivity index (χ1n) is 8.10. The molecule has 0 radical (unpaired) electrons. The Balaban J connectivity index is 2.03. The number of hydrogen-bond acceptors (Lipinski definition) is 7. The fraction of sp³-hybridized carbons (Fsp3) is 0.533. The Labute approximate surface area is 147 Å². The first-order chi connectivity index (χ1) is 12.0. The third kappa shape index (κ3) is 3.37. The van der Waals surface area contributed by atoms with Gasteiger partial charge in [0.2, 0.25) is 10.0 Å². The SMILES string of the molecule is CCn1nnnc1-c1ccc(OC)c(S(=O)(=O)N2CCN(C)CC2)c1. The van der Waals surface area contributed by atoms with Gasteiger partial charge in [0.15, 0.2) is 5.82 Å². The first-order valence-corrected chi connectivity index (χ1v) is 9.54. The maximum atomic E-state index is 13.1. The summed E-state index contributed by atoms with van der Waals surface area (Å²) in [5.41, 5.74) is 0.639. The molecule has 1 aliphatic heterocycles. The summed E-state index contributed by atoms with van der Waals surface area (Å²) >= 11 is 0. The van der Waals surface area contributed by atoms with Crippen molar-refractivity contribution in [1.29, 1.82) is 0 Å². The summed E-state index contributed by atoms with van der Waals surface area (Å²) in [6.07, 6.45) is 0. The molecule has 9 nitrogen and oxygen atoms in total. The lowest BCUT2D eigenvalue weighted by Gasteiger charge is -2.31. The third-order valence-corrected chi connectivity index (χ3v) is 6.25. The van der Waals surface area contributed by atoms with E-state index in [1.165, 1.54) is 11.4 Å². The Morgan fingerprint density at radius 2 is 1.92 bits per heavy atom. The number of hydrogen-bond donors (Lipinski definition) is 0. The zero-order valence-corrected chi connectivity index (χ0v) is 15.4. The number of tetrazole rings is 1. The third-order valence-electron chi connectivity index (χ3n) is 4.33. The first kappa shape index (κ1) is 17.8. The monoisotopic (exact) mass is 366 g/mol. The summed E-state index contributed by atoms with van der Waals surface area (Å²) in [5.74, 6) is 0.846. The molecule has 1 fully saturated rings. The van der Waals surface area contributed by atoms with Crippen LogP contribution in [0.3, 0.4) is 0 Å². The van der Waals surface area contributed by atoms with Gasteiger partial charge in [0.05, 0.1) is 7.11 Å². The number of aromatic nitrogens is 4. The number of ether oxygens (including phenoxy) is 1. The summed E-state index contributed by atoms with van der Waals surface area (Å²) in [7, 11) is -0.209. The summed E-state index contributed by atoms with van der Waals surface area (Å²) in [5, 5.41) is 11.6. The van der Waals surface area contributed by atoms with Gasteiger partial charge in [0.25, 0.3) is 0 Å². The Hall–Kier alpha value is -2.04. The van der Waals surface area contributed by atoms with Gasteiger partial charge in [-0.1, -0.05) is 0 Å². The van der Waals surface area contributed by atoms with E-state index >= 15 is 0 Å². The average molecular weight is 366 g/mol. The summed E-state index contributed by atoms with van der Waals surface area (Å²) in [6, 6.07) is 5.00. The molecule has 0 bridgehead atoms. The molecule has 0 aliphatic carbocycles. The van der Waals surface area contributed by atoms with Crippen LogP contribution in [0.25, 0.3) is 11.4 Å². The van der Waals surface area contributed by atoms with Crippen LogP contribution in [0, 0.1) is 0 Å². The maximum Gasteiger partial charge on any atom is 0.246 e. The van der Waals surface area contributed by atoms with E-state index in [1.54, 1.807) is 22.9 Å². The molecular formula is C15H22N6O3S. The van der Waals surface area contributed by atoms with Crippen molar-refractivity contribution in [2.75, 3.05) is 40.3 Å². The lowest BCUT2D eigenvalue weighted by molar-refractivity contribution is 0.222. The number of likely N-dealkylation sites (N-methyl/N-ethyl adjacent to an activating group) is 1. The van der Waals surface area contributed by atoms with Crippen LogP contribution in [0.1, 0.15) is 6.92 Å². The molecule has 2 heterocycles. The van der Waals surface area contributed by atoms with Crippen molar-refractivity contribution in [3.63, 3.8) is 0 Å². The van der Waals surface area contributed by atoms with E-state index in [-0.39, 0.29) is 4.90 Å². The minimum atomic E-state index is -3.66. The second-order valence-electron chi connectivity index (χ2n) is 5.89. The van der Waals surface area contributed by atoms with E-state index in [4.69, 9.17) is 4.74 Å². The van der Waals surface area contributed by atoms with Gasteiger partial charge in [-0.05, 0) is 42.6 Å². The van der Waals surface area contributed by atoms with E-state index in [0.29, 0.717) is 49.9 Å². The smallest absolute Gasteiger partial charge is 0.246 e. The normalized spacial score (nSPS) is 16.9. The van der Waals surface area contributed by atoms with Gasteiger partial charge in [0.1, 0.15) is 10.6 Å². The van der Waals surface area contributed by atoms with Gasteiger partial charge < -0.3 is 9.64 Å². The Morgan fingerprint density at radius 1 is 1.20 bits per heavy atom. The topological polar surface area (TPSA) is 93.4 Å². The standard InChI is InChI=1S/C15H22N6O3S/c1-4-21-15(16-17-18-21)12-5-6-13(24-3)14(11-12)25(22,23)20-9-7-19(2)8-10-20/h5-6,11H,4,7-10H2,1-3H3. The van der Waals surface area contributed by atoms with E-state index in [0.717, 1.165) is 0 Å². The van der Waals surface area contributed by atoms with Gasteiger partial charge in [-0.3, -0.25) is 0 Å². The van der Waals surface area contributed by atoms with Crippen molar-refractivity contribution in [2.24, 2.45) is 0 Å². The molecule has 0 amide bonds. The van der Waals surface area contributed by atoms with Crippen LogP contribution in [-0.4, -0.2) is 78.2 Å². The molecule has 25 heavy (non-hydrogen) atoms. The van der Waals surface area contributed by atoms with Gasteiger partial charge in [-0.15, -0.1) is 5.10 Å². The minimum absolute atomic E-state index is 0.141. The second kappa shape index (κ2) is 7.06. The number of nitrogens with zero attached hydrogens (tertiary/aromatic N) is 6. The molecule has 1 saturated heterocycles. The lowest BCUT2D eigenvalue weighted by atomic mass is 10.2. The molecule has 2 aromatic rings. The number of rotatable bonds is 5. The Bertz CT molecular complexity index is 843. The van der Waals surface area contributed by atoms with Crippen molar-refractivity contribution in [3.05, 3.63) is 18.2 Å². The molecular weight excluding hydrogens is 344 g/mol. The second-order valence-corrected chi connectivity index (χ2v) is 7.80. The average Bonchev–Trinajstić information content (AvgIpc) is 3.10. The largest absolute Gasteiger partial charge is 0.495 e. The van der Waals surface area contributed by atoms with Crippen LogP contribution < -0.4 is 4.74 Å². The summed E-state index contributed by atoms with van der Waals surface area (Å²) < 4.78 is 34.7. The van der Waals surface area contributed by atoms with Crippen LogP contribution >= 0.6 is 0 Å². The molecule has 10 heteroatoms. The number of sulfonamides is 1. The molecule has 0 N–H and O–H groups in total. The Morgan fingerprint density at radius 3 is 2.56 bits per heavy atom. The summed E-state index contributed by atoms with van der Waals surface area (Å²) in [4.78, 5) is 2.25. The fourth-order valence-electron chi connectivity index (χ4n) is 2.81. The maximum absolute atomic E-state index is 13.1. The minimum Gasteiger partial charge on any atom is -0.495 e. The number of piperazine rings is 1. The highest BCUT2D eigenvalue weighted by Crippen LogP contribution is 2.31. The molecule has 3 rings (SSSR count). The molecule has 0 unspecified atom stereocenters.